The molecule has 1 aromatic carbocycles. The number of carbonyl (C=O) groups excluding carboxylic acids is 2. The van der Waals surface area contributed by atoms with Crippen molar-refractivity contribution in [2.24, 2.45) is 0 Å². The molecule has 0 aliphatic carbocycles. The van der Waals surface area contributed by atoms with Gasteiger partial charge in [0.15, 0.2) is 0 Å². The van der Waals surface area contributed by atoms with Crippen molar-refractivity contribution in [1.29, 1.82) is 0 Å². The van der Waals surface area contributed by atoms with E-state index in [1.807, 2.05) is 0 Å². The normalized spacial score (nSPS) is 16.2. The summed E-state index contributed by atoms with van der Waals surface area (Å²) in [5.74, 6) is -2.30. The van der Waals surface area contributed by atoms with Crippen molar-refractivity contribution in [1.82, 2.24) is 19.9 Å². The first kappa shape index (κ1) is 17.2. The molecule has 0 bridgehead atoms. The minimum Gasteiger partial charge on any atom is -0.465 e. The van der Waals surface area contributed by atoms with Crippen molar-refractivity contribution in [3.63, 3.8) is 0 Å². The topological polar surface area (TPSA) is 77.3 Å². The molecule has 1 aliphatic heterocycles. The van der Waals surface area contributed by atoms with Crippen LogP contribution < -0.4 is 0 Å². The third kappa shape index (κ3) is 3.42. The van der Waals surface area contributed by atoms with E-state index < -0.39 is 18.1 Å². The molecule has 0 unspecified atom stereocenters. The number of piperidine rings is 1. The van der Waals surface area contributed by atoms with Crippen LogP contribution in [0.15, 0.2) is 18.2 Å². The molecule has 1 fully saturated rings. The smallest absolute Gasteiger partial charge is 0.465 e. The predicted octanol–water partition coefficient (Wildman–Crippen LogP) is 1.94. The number of alkyl halides is 3. The van der Waals surface area contributed by atoms with E-state index in [0.717, 1.165) is 4.90 Å². The summed E-state index contributed by atoms with van der Waals surface area (Å²) in [6.45, 7) is -0.0113. The Bertz CT molecular complexity index is 810. The van der Waals surface area contributed by atoms with E-state index in [9.17, 15) is 22.8 Å². The average Bonchev–Trinajstić information content (AvgIpc) is 3.02. The zero-order valence-electron chi connectivity index (χ0n) is 13.3. The molecule has 0 radical (unpaired) electrons. The van der Waals surface area contributed by atoms with Crippen molar-refractivity contribution >= 4 is 22.9 Å². The number of methoxy groups -OCH3 is 1. The quantitative estimate of drug-likeness (QED) is 0.769. The average molecular weight is 356 g/mol. The van der Waals surface area contributed by atoms with Gasteiger partial charge in [0.05, 0.1) is 18.7 Å². The Morgan fingerprint density at radius 2 is 1.80 bits per heavy atom. The second-order valence-corrected chi connectivity index (χ2v) is 5.74. The maximum Gasteiger partial charge on any atom is 0.471 e. The molecule has 3 rings (SSSR count). The number of likely N-dealkylation sites (tertiary alicyclic amines) is 1. The first-order valence-corrected chi connectivity index (χ1v) is 7.60. The van der Waals surface area contributed by atoms with Crippen molar-refractivity contribution in [2.75, 3.05) is 20.2 Å². The van der Waals surface area contributed by atoms with Gasteiger partial charge in [0.2, 0.25) is 0 Å². The number of hydrogen-bond acceptors (Lipinski definition) is 5. The summed E-state index contributed by atoms with van der Waals surface area (Å²) in [6.07, 6.45) is -4.20. The summed E-state index contributed by atoms with van der Waals surface area (Å²) < 4.78 is 42.0. The van der Waals surface area contributed by atoms with Gasteiger partial charge in [-0.05, 0) is 31.0 Å². The Labute approximate surface area is 140 Å². The molecule has 2 heterocycles. The van der Waals surface area contributed by atoms with Gasteiger partial charge in [-0.25, -0.2) is 4.79 Å². The zero-order chi connectivity index (χ0) is 18.2. The fraction of sp³-hybridized carbons (Fsp3) is 0.467. The highest BCUT2D eigenvalue weighted by Crippen LogP contribution is 2.26. The monoisotopic (exact) mass is 356 g/mol. The molecule has 0 saturated carbocycles. The first-order chi connectivity index (χ1) is 11.8. The van der Waals surface area contributed by atoms with Crippen LogP contribution in [0.4, 0.5) is 13.2 Å². The number of esters is 1. The van der Waals surface area contributed by atoms with Crippen molar-refractivity contribution in [2.45, 2.75) is 25.1 Å². The van der Waals surface area contributed by atoms with Gasteiger partial charge in [-0.1, -0.05) is 0 Å². The number of carbonyl (C=O) groups is 2. The Hall–Kier alpha value is -2.65. The highest BCUT2D eigenvalue weighted by molar-refractivity contribution is 5.93. The summed E-state index contributed by atoms with van der Waals surface area (Å²) >= 11 is 0. The molecule has 0 spiro atoms. The Morgan fingerprint density at radius 3 is 2.40 bits per heavy atom. The lowest BCUT2D eigenvalue weighted by atomic mass is 10.1. The maximum atomic E-state index is 12.5. The number of fused-ring (bicyclic) bond motifs is 1. The lowest BCUT2D eigenvalue weighted by Gasteiger charge is -2.31. The number of aromatic nitrogens is 3. The van der Waals surface area contributed by atoms with Gasteiger partial charge < -0.3 is 9.64 Å². The highest BCUT2D eigenvalue weighted by Gasteiger charge is 2.43. The molecule has 25 heavy (non-hydrogen) atoms. The van der Waals surface area contributed by atoms with Crippen LogP contribution in [0.25, 0.3) is 11.0 Å². The second-order valence-electron chi connectivity index (χ2n) is 5.74. The van der Waals surface area contributed by atoms with Crippen LogP contribution in [0.1, 0.15) is 29.2 Å². The lowest BCUT2D eigenvalue weighted by molar-refractivity contribution is -0.186. The molecule has 2 aromatic rings. The van der Waals surface area contributed by atoms with Gasteiger partial charge >= 0.3 is 18.1 Å². The van der Waals surface area contributed by atoms with E-state index in [0.29, 0.717) is 29.4 Å². The summed E-state index contributed by atoms with van der Waals surface area (Å²) in [7, 11) is 1.28. The first-order valence-electron chi connectivity index (χ1n) is 7.60. The SMILES string of the molecule is COC(=O)c1ccc2nn(C3CCN(C(=O)C(F)(F)F)CC3)nc2c1. The minimum atomic E-state index is -4.85. The number of nitrogens with zero attached hydrogens (tertiary/aromatic N) is 4. The van der Waals surface area contributed by atoms with Crippen LogP contribution in [-0.4, -0.2) is 58.1 Å². The molecular weight excluding hydrogens is 341 g/mol. The van der Waals surface area contributed by atoms with Crippen molar-refractivity contribution in [3.05, 3.63) is 23.8 Å². The number of rotatable bonds is 2. The second kappa shape index (κ2) is 6.34. The summed E-state index contributed by atoms with van der Waals surface area (Å²) in [4.78, 5) is 25.0. The van der Waals surface area contributed by atoms with Crippen LogP contribution in [0.2, 0.25) is 0 Å². The summed E-state index contributed by atoms with van der Waals surface area (Å²) in [5, 5.41) is 8.61. The van der Waals surface area contributed by atoms with Crippen molar-refractivity contribution in [3.8, 4) is 0 Å². The fourth-order valence-electron chi connectivity index (χ4n) is 2.82. The van der Waals surface area contributed by atoms with Gasteiger partial charge in [-0.2, -0.15) is 28.2 Å². The highest BCUT2D eigenvalue weighted by atomic mass is 19.4. The van der Waals surface area contributed by atoms with E-state index in [2.05, 4.69) is 14.9 Å². The molecular formula is C15H15F3N4O3. The summed E-state index contributed by atoms with van der Waals surface area (Å²) in [5.41, 5.74) is 1.41. The van der Waals surface area contributed by atoms with Crippen LogP contribution in [0.3, 0.4) is 0 Å². The number of amides is 1. The lowest BCUT2D eigenvalue weighted by Crippen LogP contribution is -2.45. The molecule has 134 valence electrons. The number of halogens is 3. The van der Waals surface area contributed by atoms with E-state index in [4.69, 9.17) is 0 Å². The molecule has 1 saturated heterocycles. The number of hydrogen-bond donors (Lipinski definition) is 0. The Kier molecular flexibility index (Phi) is 4.36. The Balaban J connectivity index is 1.73. The molecule has 0 N–H and O–H groups in total. The molecule has 1 aromatic heterocycles. The molecule has 1 aliphatic rings. The van der Waals surface area contributed by atoms with Crippen LogP contribution in [0, 0.1) is 0 Å². The number of benzene rings is 1. The van der Waals surface area contributed by atoms with Gasteiger partial charge in [0, 0.05) is 13.1 Å². The van der Waals surface area contributed by atoms with E-state index in [-0.39, 0.29) is 19.1 Å². The van der Waals surface area contributed by atoms with E-state index >= 15 is 0 Å². The van der Waals surface area contributed by atoms with E-state index in [1.165, 1.54) is 11.9 Å². The van der Waals surface area contributed by atoms with Crippen LogP contribution >= 0.6 is 0 Å². The van der Waals surface area contributed by atoms with Gasteiger partial charge in [0.1, 0.15) is 11.0 Å². The van der Waals surface area contributed by atoms with Crippen LogP contribution in [-0.2, 0) is 9.53 Å². The Morgan fingerprint density at radius 1 is 1.16 bits per heavy atom. The van der Waals surface area contributed by atoms with Gasteiger partial charge in [-0.15, -0.1) is 0 Å². The molecule has 7 nitrogen and oxygen atoms in total. The third-order valence-corrected chi connectivity index (χ3v) is 4.14. The van der Waals surface area contributed by atoms with Gasteiger partial charge in [-0.3, -0.25) is 4.79 Å². The summed E-state index contributed by atoms with van der Waals surface area (Å²) in [6, 6.07) is 4.55. The maximum absolute atomic E-state index is 12.5. The molecule has 0 atom stereocenters. The van der Waals surface area contributed by atoms with E-state index in [1.54, 1.807) is 18.2 Å². The molecule has 1 amide bonds. The largest absolute Gasteiger partial charge is 0.471 e. The zero-order valence-corrected chi connectivity index (χ0v) is 13.3. The van der Waals surface area contributed by atoms with Crippen LogP contribution in [0.5, 0.6) is 0 Å². The standard InChI is InChI=1S/C15H15F3N4O3/c1-25-13(23)9-2-3-11-12(8-9)20-22(19-11)10-4-6-21(7-5-10)14(24)15(16,17)18/h2-3,8,10H,4-7H2,1H3. The van der Waals surface area contributed by atoms with Crippen molar-refractivity contribution < 1.29 is 27.5 Å². The third-order valence-electron chi connectivity index (χ3n) is 4.14. The number of ether oxygens (including phenoxy) is 1. The minimum absolute atomic E-state index is 0.00565. The predicted molar refractivity (Wildman–Crippen MR) is 79.8 cm³/mol. The molecule has 10 heteroatoms. The fourth-order valence-corrected chi connectivity index (χ4v) is 2.82. The van der Waals surface area contributed by atoms with Gasteiger partial charge in [0.25, 0.3) is 0 Å².